The van der Waals surface area contributed by atoms with Crippen molar-refractivity contribution in [2.45, 2.75) is 31.2 Å². The molecule has 35 heavy (non-hydrogen) atoms. The van der Waals surface area contributed by atoms with Gasteiger partial charge in [0.2, 0.25) is 0 Å². The van der Waals surface area contributed by atoms with E-state index >= 15 is 0 Å². The fourth-order valence-electron chi connectivity index (χ4n) is 4.73. The minimum absolute atomic E-state index is 0.0386. The predicted octanol–water partition coefficient (Wildman–Crippen LogP) is 6.27. The van der Waals surface area contributed by atoms with Crippen LogP contribution in [0.15, 0.2) is 66.7 Å². The quantitative estimate of drug-likeness (QED) is 0.426. The molecule has 1 fully saturated rings. The second-order valence-corrected chi connectivity index (χ2v) is 9.19. The molecule has 0 saturated carbocycles. The third kappa shape index (κ3) is 5.82. The minimum Gasteiger partial charge on any atom is -0.465 e. The standard InChI is InChI=1S/C28H27ClFN3O2/c29-25-12-11-20(16-23(25)27-21(17-31)8-4-10-26(27)30)24(19-6-2-1-3-7-19)18-32-22-9-5-14-33(15-13-22)28(34)35/h1-4,6-8,10-12,16,22,24,32H,5,9,13-15,18H2,(H,34,35). The zero-order valence-electron chi connectivity index (χ0n) is 19.3. The second-order valence-electron chi connectivity index (χ2n) is 8.78. The molecule has 2 atom stereocenters. The Morgan fingerprint density at radius 2 is 1.91 bits per heavy atom. The normalized spacial score (nSPS) is 16.8. The van der Waals surface area contributed by atoms with Crippen molar-refractivity contribution >= 4 is 17.7 Å². The third-order valence-electron chi connectivity index (χ3n) is 6.61. The molecule has 2 unspecified atom stereocenters. The largest absolute Gasteiger partial charge is 0.465 e. The lowest BCUT2D eigenvalue weighted by Crippen LogP contribution is -2.35. The van der Waals surface area contributed by atoms with Crippen molar-refractivity contribution in [3.63, 3.8) is 0 Å². The van der Waals surface area contributed by atoms with Crippen molar-refractivity contribution in [2.24, 2.45) is 0 Å². The Morgan fingerprint density at radius 3 is 2.66 bits per heavy atom. The van der Waals surface area contributed by atoms with Crippen molar-refractivity contribution in [1.82, 2.24) is 10.2 Å². The van der Waals surface area contributed by atoms with E-state index in [9.17, 15) is 19.6 Å². The molecule has 180 valence electrons. The van der Waals surface area contributed by atoms with Crippen LogP contribution in [0.4, 0.5) is 9.18 Å². The molecule has 0 radical (unpaired) electrons. The van der Waals surface area contributed by atoms with Crippen LogP contribution in [-0.4, -0.2) is 41.8 Å². The van der Waals surface area contributed by atoms with Crippen molar-refractivity contribution in [3.05, 3.63) is 94.3 Å². The van der Waals surface area contributed by atoms with Crippen LogP contribution in [0.2, 0.25) is 5.02 Å². The summed E-state index contributed by atoms with van der Waals surface area (Å²) in [6.07, 6.45) is 1.60. The molecule has 4 rings (SSSR count). The van der Waals surface area contributed by atoms with E-state index in [1.807, 2.05) is 30.3 Å². The number of hydrogen-bond acceptors (Lipinski definition) is 3. The Balaban J connectivity index is 1.64. The van der Waals surface area contributed by atoms with Crippen LogP contribution >= 0.6 is 11.6 Å². The van der Waals surface area contributed by atoms with Crippen LogP contribution in [0, 0.1) is 17.1 Å². The maximum atomic E-state index is 14.8. The predicted molar refractivity (Wildman–Crippen MR) is 135 cm³/mol. The number of nitriles is 1. The van der Waals surface area contributed by atoms with Gasteiger partial charge in [-0.25, -0.2) is 9.18 Å². The molecule has 1 heterocycles. The van der Waals surface area contributed by atoms with Gasteiger partial charge in [0.25, 0.3) is 0 Å². The van der Waals surface area contributed by atoms with Crippen LogP contribution in [0.25, 0.3) is 11.1 Å². The average Bonchev–Trinajstić information content (AvgIpc) is 3.12. The van der Waals surface area contributed by atoms with Gasteiger partial charge in [0.05, 0.1) is 11.6 Å². The van der Waals surface area contributed by atoms with Crippen LogP contribution < -0.4 is 5.32 Å². The molecule has 0 aliphatic carbocycles. The maximum absolute atomic E-state index is 14.8. The fourth-order valence-corrected chi connectivity index (χ4v) is 4.94. The molecule has 1 amide bonds. The fraction of sp³-hybridized carbons (Fsp3) is 0.286. The lowest BCUT2D eigenvalue weighted by atomic mass is 9.88. The molecular formula is C28H27ClFN3O2. The Labute approximate surface area is 209 Å². The van der Waals surface area contributed by atoms with E-state index in [1.54, 1.807) is 12.1 Å². The number of rotatable bonds is 6. The number of benzene rings is 3. The molecule has 1 aliphatic rings. The van der Waals surface area contributed by atoms with E-state index in [0.717, 1.165) is 30.4 Å². The van der Waals surface area contributed by atoms with Gasteiger partial charge in [-0.2, -0.15) is 5.26 Å². The molecule has 3 aromatic carbocycles. The number of carbonyl (C=O) groups is 1. The molecule has 2 N–H and O–H groups in total. The van der Waals surface area contributed by atoms with Gasteiger partial charge in [-0.05, 0) is 54.7 Å². The van der Waals surface area contributed by atoms with Crippen LogP contribution in [-0.2, 0) is 0 Å². The van der Waals surface area contributed by atoms with Gasteiger partial charge in [0, 0.05) is 47.7 Å². The SMILES string of the molecule is N#Cc1cccc(F)c1-c1cc(C(CNC2CCCN(C(=O)O)CC2)c2ccccc2)ccc1Cl. The van der Waals surface area contributed by atoms with Crippen LogP contribution in [0.3, 0.4) is 0 Å². The summed E-state index contributed by atoms with van der Waals surface area (Å²) in [6.45, 7) is 1.70. The number of nitrogens with one attached hydrogen (secondary N) is 1. The first kappa shape index (κ1) is 24.7. The van der Waals surface area contributed by atoms with Gasteiger partial charge in [-0.3, -0.25) is 0 Å². The molecule has 5 nitrogen and oxygen atoms in total. The summed E-state index contributed by atoms with van der Waals surface area (Å²) in [5, 5.41) is 22.9. The van der Waals surface area contributed by atoms with Gasteiger partial charge < -0.3 is 15.3 Å². The van der Waals surface area contributed by atoms with E-state index in [2.05, 4.69) is 23.5 Å². The van der Waals surface area contributed by atoms with E-state index < -0.39 is 11.9 Å². The highest BCUT2D eigenvalue weighted by molar-refractivity contribution is 6.33. The third-order valence-corrected chi connectivity index (χ3v) is 6.94. The highest BCUT2D eigenvalue weighted by Gasteiger charge is 2.23. The summed E-state index contributed by atoms with van der Waals surface area (Å²) in [6, 6.07) is 22.3. The zero-order valence-corrected chi connectivity index (χ0v) is 20.0. The summed E-state index contributed by atoms with van der Waals surface area (Å²) >= 11 is 6.49. The summed E-state index contributed by atoms with van der Waals surface area (Å²) < 4.78 is 14.8. The molecule has 1 aliphatic heterocycles. The number of nitrogens with zero attached hydrogens (tertiary/aromatic N) is 2. The Kier molecular flexibility index (Phi) is 8.02. The van der Waals surface area contributed by atoms with E-state index in [4.69, 9.17) is 11.6 Å². The van der Waals surface area contributed by atoms with Gasteiger partial charge in [-0.1, -0.05) is 54.1 Å². The number of carboxylic acid groups (broad SMARTS) is 1. The average molecular weight is 492 g/mol. The second kappa shape index (κ2) is 11.4. The maximum Gasteiger partial charge on any atom is 0.407 e. The molecule has 0 spiro atoms. The van der Waals surface area contributed by atoms with Crippen LogP contribution in [0.1, 0.15) is 41.9 Å². The lowest BCUT2D eigenvalue weighted by molar-refractivity contribution is 0.146. The lowest BCUT2D eigenvalue weighted by Gasteiger charge is -2.24. The van der Waals surface area contributed by atoms with Crippen molar-refractivity contribution in [1.29, 1.82) is 5.26 Å². The Hall–Kier alpha value is -3.40. The number of hydrogen-bond donors (Lipinski definition) is 2. The van der Waals surface area contributed by atoms with E-state index in [1.165, 1.54) is 17.0 Å². The van der Waals surface area contributed by atoms with Gasteiger partial charge in [0.1, 0.15) is 5.82 Å². The summed E-state index contributed by atoms with van der Waals surface area (Å²) in [7, 11) is 0. The molecule has 0 aromatic heterocycles. The smallest absolute Gasteiger partial charge is 0.407 e. The Morgan fingerprint density at radius 1 is 1.11 bits per heavy atom. The molecular weight excluding hydrogens is 465 g/mol. The molecule has 7 heteroatoms. The number of likely N-dealkylation sites (tertiary alicyclic amines) is 1. The highest BCUT2D eigenvalue weighted by atomic mass is 35.5. The zero-order chi connectivity index (χ0) is 24.8. The molecule has 0 bridgehead atoms. The first-order valence-electron chi connectivity index (χ1n) is 11.7. The first-order valence-corrected chi connectivity index (χ1v) is 12.1. The summed E-state index contributed by atoms with van der Waals surface area (Å²) in [5.74, 6) is -0.526. The van der Waals surface area contributed by atoms with Gasteiger partial charge >= 0.3 is 6.09 Å². The van der Waals surface area contributed by atoms with Crippen molar-refractivity contribution in [2.75, 3.05) is 19.6 Å². The van der Waals surface area contributed by atoms with E-state index in [0.29, 0.717) is 30.2 Å². The molecule has 3 aromatic rings. The summed E-state index contributed by atoms with van der Waals surface area (Å²) in [4.78, 5) is 12.8. The van der Waals surface area contributed by atoms with Crippen LogP contribution in [0.5, 0.6) is 0 Å². The van der Waals surface area contributed by atoms with Gasteiger partial charge in [0.15, 0.2) is 0 Å². The monoisotopic (exact) mass is 491 g/mol. The molecule has 1 saturated heterocycles. The van der Waals surface area contributed by atoms with E-state index in [-0.39, 0.29) is 23.1 Å². The van der Waals surface area contributed by atoms with Gasteiger partial charge in [-0.15, -0.1) is 0 Å². The first-order chi connectivity index (χ1) is 17.0. The van der Waals surface area contributed by atoms with Crippen molar-refractivity contribution < 1.29 is 14.3 Å². The van der Waals surface area contributed by atoms with Crippen molar-refractivity contribution in [3.8, 4) is 17.2 Å². The number of halogens is 2. The number of amides is 1. The highest BCUT2D eigenvalue weighted by Crippen LogP contribution is 2.36. The Bertz CT molecular complexity index is 1230. The minimum atomic E-state index is -0.869. The topological polar surface area (TPSA) is 76.4 Å². The summed E-state index contributed by atoms with van der Waals surface area (Å²) in [5.41, 5.74) is 2.99.